The lowest BCUT2D eigenvalue weighted by molar-refractivity contribution is -0.234. The zero-order valence-electron chi connectivity index (χ0n) is 23.8. The molecule has 0 aromatic carbocycles. The summed E-state index contributed by atoms with van der Waals surface area (Å²) in [5.74, 6) is -1.20. The third-order valence-corrected chi connectivity index (χ3v) is 11.7. The number of carbonyl (C=O) groups is 3. The second-order valence-corrected chi connectivity index (χ2v) is 13.4. The van der Waals surface area contributed by atoms with Gasteiger partial charge < -0.3 is 20.1 Å². The minimum atomic E-state index is -1.04. The number of carboxylic acid groups (broad SMARTS) is 1. The zero-order chi connectivity index (χ0) is 28.2. The lowest BCUT2D eigenvalue weighted by Gasteiger charge is -2.69. The van der Waals surface area contributed by atoms with Gasteiger partial charge in [0.25, 0.3) is 0 Å². The van der Waals surface area contributed by atoms with Crippen molar-refractivity contribution < 1.29 is 34.4 Å². The van der Waals surface area contributed by atoms with Gasteiger partial charge in [-0.15, -0.1) is 0 Å². The molecule has 0 aromatic heterocycles. The van der Waals surface area contributed by atoms with Crippen molar-refractivity contribution in [3.63, 3.8) is 0 Å². The Morgan fingerprint density at radius 1 is 1.05 bits per heavy atom. The smallest absolute Gasteiger partial charge is 0.331 e. The first-order chi connectivity index (χ1) is 17.7. The fourth-order valence-electron chi connectivity index (χ4n) is 9.78. The van der Waals surface area contributed by atoms with Gasteiger partial charge in [-0.05, 0) is 109 Å². The van der Waals surface area contributed by atoms with E-state index in [0.29, 0.717) is 36.3 Å². The van der Waals surface area contributed by atoms with Gasteiger partial charge in [0.2, 0.25) is 0 Å². The summed E-state index contributed by atoms with van der Waals surface area (Å²) in [6, 6.07) is 0. The molecule has 0 radical (unpaired) electrons. The number of aliphatic hydroxyl groups excluding tert-OH is 2. The number of aliphatic hydroxyl groups is 2. The fourth-order valence-corrected chi connectivity index (χ4v) is 9.78. The number of aliphatic carboxylic acids is 1. The van der Waals surface area contributed by atoms with E-state index in [2.05, 4.69) is 27.7 Å². The van der Waals surface area contributed by atoms with Crippen LogP contribution in [0.4, 0.5) is 0 Å². The number of carbonyl (C=O) groups excluding carboxylic acids is 2. The molecular formula is C31H46O7. The maximum atomic E-state index is 12.6. The third-order valence-electron chi connectivity index (χ3n) is 11.7. The molecule has 7 nitrogen and oxygen atoms in total. The van der Waals surface area contributed by atoms with Gasteiger partial charge in [0.1, 0.15) is 12.4 Å². The molecule has 0 unspecified atom stereocenters. The van der Waals surface area contributed by atoms with Crippen molar-refractivity contribution in [2.24, 2.45) is 39.9 Å². The van der Waals surface area contributed by atoms with Crippen LogP contribution < -0.4 is 0 Å². The summed E-state index contributed by atoms with van der Waals surface area (Å²) in [5, 5.41) is 32.9. The van der Waals surface area contributed by atoms with Crippen molar-refractivity contribution in [2.75, 3.05) is 0 Å². The molecule has 0 saturated heterocycles. The van der Waals surface area contributed by atoms with Gasteiger partial charge in [-0.3, -0.25) is 9.59 Å². The second-order valence-electron chi connectivity index (χ2n) is 13.4. The van der Waals surface area contributed by atoms with Gasteiger partial charge in [0, 0.05) is 12.5 Å². The molecule has 4 fully saturated rings. The van der Waals surface area contributed by atoms with Crippen LogP contribution in [0, 0.1) is 39.9 Å². The molecular weight excluding hydrogens is 484 g/mol. The Labute approximate surface area is 226 Å². The highest BCUT2D eigenvalue weighted by Crippen LogP contribution is 2.74. The summed E-state index contributed by atoms with van der Waals surface area (Å²) >= 11 is 0. The summed E-state index contributed by atoms with van der Waals surface area (Å²) in [4.78, 5) is 35.9. The molecule has 212 valence electrons. The van der Waals surface area contributed by atoms with Gasteiger partial charge in [-0.2, -0.15) is 0 Å². The number of hydrogen-bond acceptors (Lipinski definition) is 6. The molecule has 4 rings (SSSR count). The van der Waals surface area contributed by atoms with Crippen LogP contribution in [0.25, 0.3) is 0 Å². The lowest BCUT2D eigenvalue weighted by Crippen LogP contribution is -2.65. The number of fused-ring (bicyclic) bond motifs is 5. The van der Waals surface area contributed by atoms with Crippen LogP contribution in [0.3, 0.4) is 0 Å². The first-order valence-corrected chi connectivity index (χ1v) is 14.3. The van der Waals surface area contributed by atoms with Gasteiger partial charge in [-0.25, -0.2) is 4.79 Å². The molecule has 0 amide bonds. The second kappa shape index (κ2) is 10.2. The average molecular weight is 531 g/mol. The predicted molar refractivity (Wildman–Crippen MR) is 143 cm³/mol. The molecule has 4 saturated carbocycles. The monoisotopic (exact) mass is 530 g/mol. The van der Waals surface area contributed by atoms with E-state index in [1.807, 2.05) is 0 Å². The lowest BCUT2D eigenvalue weighted by atomic mass is 9.36. The summed E-state index contributed by atoms with van der Waals surface area (Å²) in [7, 11) is 0. The molecule has 0 spiro atoms. The molecule has 10 atom stereocenters. The highest BCUT2D eigenvalue weighted by molar-refractivity contribution is 5.88. The Morgan fingerprint density at radius 2 is 1.74 bits per heavy atom. The van der Waals surface area contributed by atoms with E-state index in [1.165, 1.54) is 6.92 Å². The third kappa shape index (κ3) is 4.38. The summed E-state index contributed by atoms with van der Waals surface area (Å²) in [5.41, 5.74) is 0.645. The van der Waals surface area contributed by atoms with E-state index < -0.39 is 24.1 Å². The van der Waals surface area contributed by atoms with Crippen LogP contribution in [-0.4, -0.2) is 51.9 Å². The Bertz CT molecular complexity index is 1040. The van der Waals surface area contributed by atoms with E-state index in [1.54, 1.807) is 13.0 Å². The number of hydrogen-bond donors (Lipinski definition) is 3. The maximum Gasteiger partial charge on any atom is 0.331 e. The van der Waals surface area contributed by atoms with Crippen LogP contribution in [-0.2, 0) is 19.1 Å². The number of ether oxygens (including phenoxy) is 1. The number of aldehydes is 1. The Balaban J connectivity index is 1.81. The van der Waals surface area contributed by atoms with Gasteiger partial charge in [0.15, 0.2) is 0 Å². The largest absolute Gasteiger partial charge is 0.478 e. The van der Waals surface area contributed by atoms with E-state index in [9.17, 15) is 29.7 Å². The Kier molecular flexibility index (Phi) is 7.78. The van der Waals surface area contributed by atoms with Crippen molar-refractivity contribution in [3.8, 4) is 0 Å². The van der Waals surface area contributed by atoms with E-state index in [4.69, 9.17) is 4.74 Å². The predicted octanol–water partition coefficient (Wildman–Crippen LogP) is 4.85. The number of carboxylic acids is 1. The van der Waals surface area contributed by atoms with Crippen molar-refractivity contribution in [1.82, 2.24) is 0 Å². The first-order valence-electron chi connectivity index (χ1n) is 14.3. The fraction of sp³-hybridized carbons (Fsp3) is 0.774. The van der Waals surface area contributed by atoms with Gasteiger partial charge >= 0.3 is 11.9 Å². The van der Waals surface area contributed by atoms with Gasteiger partial charge in [-0.1, -0.05) is 33.8 Å². The molecule has 38 heavy (non-hydrogen) atoms. The number of allylic oxidation sites excluding steroid dienone is 2. The van der Waals surface area contributed by atoms with Gasteiger partial charge in [0.05, 0.1) is 12.2 Å². The Morgan fingerprint density at radius 3 is 2.34 bits per heavy atom. The van der Waals surface area contributed by atoms with Crippen LogP contribution in [0.5, 0.6) is 0 Å². The molecule has 0 aliphatic heterocycles. The van der Waals surface area contributed by atoms with Crippen molar-refractivity contribution in [1.29, 1.82) is 0 Å². The normalized spacial score (nSPS) is 45.9. The molecule has 0 aromatic rings. The zero-order valence-corrected chi connectivity index (χ0v) is 23.8. The minimum Gasteiger partial charge on any atom is -0.478 e. The highest BCUT2D eigenvalue weighted by Gasteiger charge is 2.70. The molecule has 3 N–H and O–H groups in total. The summed E-state index contributed by atoms with van der Waals surface area (Å²) in [6.45, 7) is 12.0. The van der Waals surface area contributed by atoms with Crippen LogP contribution in [0.1, 0.15) is 92.9 Å². The van der Waals surface area contributed by atoms with Crippen LogP contribution in [0.2, 0.25) is 0 Å². The van der Waals surface area contributed by atoms with E-state index in [-0.39, 0.29) is 52.1 Å². The SMILES string of the molecule is CC(=O)O[C@H]1C[C@@]2(C)[C@@H](C[C@@H](O)[C@H]3[C@@]4(C)CC[C@@H](O)[C@@H](C)[C@@H]4CC[C@@]32C)/C1=C(\CCC=C(C)C=O)C(=O)O. The van der Waals surface area contributed by atoms with Crippen LogP contribution in [0.15, 0.2) is 22.8 Å². The number of esters is 1. The average Bonchev–Trinajstić information content (AvgIpc) is 3.10. The standard InChI is InChI=1S/C31H46O7/c1-17(16-32)8-7-9-20(28(36)37)26-22-14-24(35)27-29(4)12-11-23(34)18(2)21(29)10-13-30(27,5)31(22,6)15-25(26)38-19(3)33/h8,16,18,21-25,27,34-35H,7,9-15H2,1-6H3,(H,36,37)/b17-8?,26-20-/t18-,21-,22-,23+,24+,25-,27-,29-,30-,31-/m0/s1. The molecule has 4 aliphatic carbocycles. The van der Waals surface area contributed by atoms with Crippen molar-refractivity contribution in [2.45, 2.75) is 111 Å². The summed E-state index contributed by atoms with van der Waals surface area (Å²) < 4.78 is 5.84. The molecule has 7 heteroatoms. The van der Waals surface area contributed by atoms with Crippen molar-refractivity contribution in [3.05, 3.63) is 22.8 Å². The summed E-state index contributed by atoms with van der Waals surface area (Å²) in [6.07, 6.45) is 5.92. The topological polar surface area (TPSA) is 121 Å². The first kappa shape index (κ1) is 29.0. The minimum absolute atomic E-state index is 0.00808. The number of rotatable bonds is 6. The molecule has 4 aliphatic rings. The highest BCUT2D eigenvalue weighted by atomic mass is 16.5. The Hall–Kier alpha value is -1.99. The maximum absolute atomic E-state index is 12.6. The molecule has 0 heterocycles. The van der Waals surface area contributed by atoms with E-state index >= 15 is 0 Å². The quantitative estimate of drug-likeness (QED) is 0.255. The van der Waals surface area contributed by atoms with E-state index in [0.717, 1.165) is 32.0 Å². The van der Waals surface area contributed by atoms with Crippen molar-refractivity contribution >= 4 is 18.2 Å². The molecule has 0 bridgehead atoms. The van der Waals surface area contributed by atoms with Crippen LogP contribution >= 0.6 is 0 Å².